The summed E-state index contributed by atoms with van der Waals surface area (Å²) in [5, 5.41) is 0. The van der Waals surface area contributed by atoms with Gasteiger partial charge in [0.15, 0.2) is 0 Å². The number of hydrogen-bond acceptors (Lipinski definition) is 3. The Hall–Kier alpha value is -0.580. The minimum absolute atomic E-state index is 0.591. The predicted octanol–water partition coefficient (Wildman–Crippen LogP) is 3.15. The molecular formula is C14H22BrNO2. The molecule has 18 heavy (non-hydrogen) atoms. The minimum atomic E-state index is 0.591. The largest absolute Gasteiger partial charge is 0.491 e. The summed E-state index contributed by atoms with van der Waals surface area (Å²) >= 11 is 3.51. The van der Waals surface area contributed by atoms with Crippen molar-refractivity contribution in [2.24, 2.45) is 5.73 Å². The molecule has 0 amide bonds. The monoisotopic (exact) mass is 315 g/mol. The van der Waals surface area contributed by atoms with E-state index in [2.05, 4.69) is 22.9 Å². The van der Waals surface area contributed by atoms with Gasteiger partial charge in [-0.3, -0.25) is 0 Å². The van der Waals surface area contributed by atoms with Crippen molar-refractivity contribution in [3.63, 3.8) is 0 Å². The average Bonchev–Trinajstić information content (AvgIpc) is 2.37. The Labute approximate surface area is 118 Å². The summed E-state index contributed by atoms with van der Waals surface area (Å²) in [6.07, 6.45) is 3.12. The van der Waals surface area contributed by atoms with Gasteiger partial charge in [0.25, 0.3) is 0 Å². The number of unbranched alkanes of at least 4 members (excludes halogenated alkanes) is 1. The molecule has 0 spiro atoms. The average molecular weight is 316 g/mol. The molecule has 0 saturated heterocycles. The first-order valence-electron chi connectivity index (χ1n) is 6.47. The van der Waals surface area contributed by atoms with Gasteiger partial charge >= 0.3 is 0 Å². The lowest BCUT2D eigenvalue weighted by molar-refractivity contribution is 0.0980. The van der Waals surface area contributed by atoms with Gasteiger partial charge in [0.1, 0.15) is 12.4 Å². The summed E-state index contributed by atoms with van der Waals surface area (Å²) in [6, 6.07) is 5.98. The Bertz CT molecular complexity index is 345. The van der Waals surface area contributed by atoms with E-state index in [1.54, 1.807) is 0 Å². The van der Waals surface area contributed by atoms with Crippen molar-refractivity contribution in [2.45, 2.75) is 26.2 Å². The number of benzene rings is 1. The van der Waals surface area contributed by atoms with Crippen LogP contribution in [0.4, 0.5) is 0 Å². The molecule has 0 unspecified atom stereocenters. The van der Waals surface area contributed by atoms with Crippen molar-refractivity contribution in [2.75, 3.05) is 26.4 Å². The van der Waals surface area contributed by atoms with E-state index < -0.39 is 0 Å². The first-order valence-corrected chi connectivity index (χ1v) is 7.26. The fourth-order valence-corrected chi connectivity index (χ4v) is 2.00. The van der Waals surface area contributed by atoms with Crippen molar-refractivity contribution in [3.8, 4) is 5.75 Å². The van der Waals surface area contributed by atoms with Gasteiger partial charge in [0.2, 0.25) is 0 Å². The van der Waals surface area contributed by atoms with Crippen molar-refractivity contribution in [3.05, 3.63) is 28.2 Å². The Morgan fingerprint density at radius 3 is 2.78 bits per heavy atom. The maximum atomic E-state index is 5.64. The fourth-order valence-electron chi connectivity index (χ4n) is 1.55. The van der Waals surface area contributed by atoms with Gasteiger partial charge in [0, 0.05) is 11.1 Å². The van der Waals surface area contributed by atoms with Crippen LogP contribution in [0.2, 0.25) is 0 Å². The molecule has 4 heteroatoms. The maximum absolute atomic E-state index is 5.64. The standard InChI is InChI=1S/C14H22BrNO2/c1-2-3-8-17-9-10-18-13-4-5-14(15)12(11-13)6-7-16/h4-5,11H,2-3,6-10,16H2,1H3. The number of halogens is 1. The van der Waals surface area contributed by atoms with Crippen molar-refractivity contribution in [1.82, 2.24) is 0 Å². The van der Waals surface area contributed by atoms with Crippen LogP contribution in [0.1, 0.15) is 25.3 Å². The Morgan fingerprint density at radius 1 is 1.22 bits per heavy atom. The smallest absolute Gasteiger partial charge is 0.119 e. The van der Waals surface area contributed by atoms with E-state index >= 15 is 0 Å². The Balaban J connectivity index is 2.31. The molecule has 0 aliphatic heterocycles. The molecule has 1 rings (SSSR count). The predicted molar refractivity (Wildman–Crippen MR) is 78.1 cm³/mol. The van der Waals surface area contributed by atoms with Gasteiger partial charge < -0.3 is 15.2 Å². The van der Waals surface area contributed by atoms with Crippen LogP contribution < -0.4 is 10.5 Å². The van der Waals surface area contributed by atoms with E-state index in [4.69, 9.17) is 15.2 Å². The zero-order valence-electron chi connectivity index (χ0n) is 11.0. The summed E-state index contributed by atoms with van der Waals surface area (Å²) in [5.41, 5.74) is 6.75. The van der Waals surface area contributed by atoms with Gasteiger partial charge in [-0.15, -0.1) is 0 Å². The number of ether oxygens (including phenoxy) is 2. The molecule has 0 bridgehead atoms. The van der Waals surface area contributed by atoms with Crippen LogP contribution in [0.15, 0.2) is 22.7 Å². The second kappa shape index (κ2) is 9.36. The van der Waals surface area contributed by atoms with Crippen LogP contribution >= 0.6 is 15.9 Å². The number of nitrogens with two attached hydrogens (primary N) is 1. The second-order valence-corrected chi connectivity index (χ2v) is 4.96. The van der Waals surface area contributed by atoms with E-state index in [-0.39, 0.29) is 0 Å². The molecule has 0 fully saturated rings. The number of hydrogen-bond donors (Lipinski definition) is 1. The van der Waals surface area contributed by atoms with Crippen LogP contribution in [0.3, 0.4) is 0 Å². The van der Waals surface area contributed by atoms with Crippen LogP contribution in [-0.4, -0.2) is 26.4 Å². The first kappa shape index (κ1) is 15.5. The highest BCUT2D eigenvalue weighted by Crippen LogP contribution is 2.22. The Kier molecular flexibility index (Phi) is 8.05. The second-order valence-electron chi connectivity index (χ2n) is 4.11. The third kappa shape index (κ3) is 5.85. The summed E-state index contributed by atoms with van der Waals surface area (Å²) in [6.45, 7) is 4.84. The fraction of sp³-hybridized carbons (Fsp3) is 0.571. The molecule has 0 heterocycles. The topological polar surface area (TPSA) is 44.5 Å². The molecule has 1 aromatic rings. The molecule has 3 nitrogen and oxygen atoms in total. The van der Waals surface area contributed by atoms with Gasteiger partial charge in [-0.05, 0) is 43.1 Å². The van der Waals surface area contributed by atoms with Gasteiger partial charge in [0.05, 0.1) is 6.61 Å². The zero-order chi connectivity index (χ0) is 13.2. The highest BCUT2D eigenvalue weighted by Gasteiger charge is 2.02. The molecule has 0 saturated carbocycles. The quantitative estimate of drug-likeness (QED) is 0.712. The highest BCUT2D eigenvalue weighted by atomic mass is 79.9. The summed E-state index contributed by atoms with van der Waals surface area (Å²) in [4.78, 5) is 0. The van der Waals surface area contributed by atoms with Crippen molar-refractivity contribution >= 4 is 15.9 Å². The van der Waals surface area contributed by atoms with Crippen LogP contribution in [-0.2, 0) is 11.2 Å². The molecule has 102 valence electrons. The van der Waals surface area contributed by atoms with E-state index in [1.165, 1.54) is 5.56 Å². The van der Waals surface area contributed by atoms with Gasteiger partial charge in [-0.2, -0.15) is 0 Å². The molecule has 2 N–H and O–H groups in total. The van der Waals surface area contributed by atoms with E-state index in [0.717, 1.165) is 36.1 Å². The van der Waals surface area contributed by atoms with E-state index in [9.17, 15) is 0 Å². The van der Waals surface area contributed by atoms with Crippen LogP contribution in [0.25, 0.3) is 0 Å². The third-order valence-corrected chi connectivity index (χ3v) is 3.34. The third-order valence-electron chi connectivity index (χ3n) is 2.57. The van der Waals surface area contributed by atoms with Gasteiger partial charge in [-0.1, -0.05) is 29.3 Å². The molecule has 1 aromatic carbocycles. The highest BCUT2D eigenvalue weighted by molar-refractivity contribution is 9.10. The SMILES string of the molecule is CCCCOCCOc1ccc(Br)c(CCN)c1. The molecule has 0 atom stereocenters. The molecule has 0 radical (unpaired) electrons. The van der Waals surface area contributed by atoms with E-state index in [0.29, 0.717) is 19.8 Å². The lowest BCUT2D eigenvalue weighted by Crippen LogP contribution is -2.08. The summed E-state index contributed by atoms with van der Waals surface area (Å²) in [7, 11) is 0. The Morgan fingerprint density at radius 2 is 2.06 bits per heavy atom. The van der Waals surface area contributed by atoms with Gasteiger partial charge in [-0.25, -0.2) is 0 Å². The lowest BCUT2D eigenvalue weighted by Gasteiger charge is -2.09. The first-order chi connectivity index (χ1) is 8.77. The molecule has 0 aliphatic rings. The summed E-state index contributed by atoms with van der Waals surface area (Å²) in [5.74, 6) is 0.876. The normalized spacial score (nSPS) is 10.6. The molecule has 0 aromatic heterocycles. The number of rotatable bonds is 9. The van der Waals surface area contributed by atoms with Crippen molar-refractivity contribution in [1.29, 1.82) is 0 Å². The minimum Gasteiger partial charge on any atom is -0.491 e. The van der Waals surface area contributed by atoms with Crippen LogP contribution in [0.5, 0.6) is 5.75 Å². The van der Waals surface area contributed by atoms with Crippen molar-refractivity contribution < 1.29 is 9.47 Å². The van der Waals surface area contributed by atoms with Crippen LogP contribution in [0, 0.1) is 0 Å². The molecular weight excluding hydrogens is 294 g/mol. The summed E-state index contributed by atoms with van der Waals surface area (Å²) < 4.78 is 12.2. The lowest BCUT2D eigenvalue weighted by atomic mass is 10.1. The maximum Gasteiger partial charge on any atom is 0.119 e. The van der Waals surface area contributed by atoms with E-state index in [1.807, 2.05) is 18.2 Å². The molecule has 0 aliphatic carbocycles. The zero-order valence-corrected chi connectivity index (χ0v) is 12.5.